The summed E-state index contributed by atoms with van der Waals surface area (Å²) in [6.45, 7) is 4.54. The molecule has 190 valence electrons. The molecule has 0 heterocycles. The lowest BCUT2D eigenvalue weighted by Crippen LogP contribution is -2.62. The number of ketones is 4. The first-order valence-electron chi connectivity index (χ1n) is 12.4. The Labute approximate surface area is 208 Å². The minimum absolute atomic E-state index is 0.0418. The number of benzene rings is 1. The summed E-state index contributed by atoms with van der Waals surface area (Å²) in [7, 11) is 0. The first-order chi connectivity index (χ1) is 16.9. The first kappa shape index (κ1) is 24.4. The number of aliphatic hydroxyl groups excluding tert-OH is 2. The first-order valence-corrected chi connectivity index (χ1v) is 12.4. The van der Waals surface area contributed by atoms with Gasteiger partial charge in [0.25, 0.3) is 0 Å². The molecule has 5 rings (SSSR count). The summed E-state index contributed by atoms with van der Waals surface area (Å²) in [4.78, 5) is 52.2. The van der Waals surface area contributed by atoms with Gasteiger partial charge in [0, 0.05) is 36.2 Å². The van der Waals surface area contributed by atoms with E-state index in [0.29, 0.717) is 11.1 Å². The van der Waals surface area contributed by atoms with Crippen LogP contribution in [0.15, 0.2) is 29.0 Å². The van der Waals surface area contributed by atoms with E-state index in [2.05, 4.69) is 0 Å². The molecule has 4 N–H and O–H groups in total. The van der Waals surface area contributed by atoms with E-state index in [-0.39, 0.29) is 41.4 Å². The third kappa shape index (κ3) is 3.09. The Morgan fingerprint density at radius 1 is 1.11 bits per heavy atom. The largest absolute Gasteiger partial charge is 0.508 e. The third-order valence-corrected chi connectivity index (χ3v) is 9.00. The zero-order valence-corrected chi connectivity index (χ0v) is 20.5. The van der Waals surface area contributed by atoms with Crippen LogP contribution < -0.4 is 0 Å². The lowest BCUT2D eigenvalue weighted by Gasteiger charge is -2.52. The summed E-state index contributed by atoms with van der Waals surface area (Å²) in [6.07, 6.45) is 2.02. The van der Waals surface area contributed by atoms with Gasteiger partial charge in [-0.2, -0.15) is 0 Å². The van der Waals surface area contributed by atoms with E-state index in [1.54, 1.807) is 19.1 Å². The minimum atomic E-state index is -2.64. The van der Waals surface area contributed by atoms with Crippen molar-refractivity contribution in [1.82, 2.24) is 0 Å². The summed E-state index contributed by atoms with van der Waals surface area (Å²) in [6, 6.07) is 3.46. The van der Waals surface area contributed by atoms with Crippen LogP contribution in [0, 0.1) is 30.6 Å². The van der Waals surface area contributed by atoms with Crippen molar-refractivity contribution in [2.24, 2.45) is 23.7 Å². The number of aromatic hydroxyl groups is 1. The normalized spacial score (nSPS) is 32.0. The lowest BCUT2D eigenvalue weighted by atomic mass is 9.51. The fourth-order valence-corrected chi connectivity index (χ4v) is 6.82. The molecule has 4 aliphatic rings. The number of rotatable bonds is 4. The average molecular weight is 495 g/mol. The maximum Gasteiger partial charge on any atom is 0.202 e. The van der Waals surface area contributed by atoms with Crippen molar-refractivity contribution in [2.45, 2.75) is 64.4 Å². The van der Waals surface area contributed by atoms with Crippen LogP contribution in [0.1, 0.15) is 68.6 Å². The van der Waals surface area contributed by atoms with Gasteiger partial charge in [0.15, 0.2) is 17.2 Å². The van der Waals surface area contributed by atoms with E-state index < -0.39 is 63.7 Å². The van der Waals surface area contributed by atoms with Crippen molar-refractivity contribution in [3.63, 3.8) is 0 Å². The zero-order chi connectivity index (χ0) is 26.3. The average Bonchev–Trinajstić information content (AvgIpc) is 2.76. The van der Waals surface area contributed by atoms with Gasteiger partial charge in [-0.15, -0.1) is 0 Å². The number of phenols is 1. The van der Waals surface area contributed by atoms with E-state index in [1.807, 2.05) is 6.92 Å². The highest BCUT2D eigenvalue weighted by Crippen LogP contribution is 2.59. The van der Waals surface area contributed by atoms with Crippen molar-refractivity contribution in [1.29, 1.82) is 0 Å². The van der Waals surface area contributed by atoms with E-state index in [9.17, 15) is 39.6 Å². The maximum atomic E-state index is 13.9. The van der Waals surface area contributed by atoms with Crippen molar-refractivity contribution >= 4 is 28.9 Å². The number of hydrogen-bond donors (Lipinski definition) is 4. The van der Waals surface area contributed by atoms with Crippen LogP contribution in [-0.4, -0.2) is 49.2 Å². The Balaban J connectivity index is 1.77. The minimum Gasteiger partial charge on any atom is -0.508 e. The second-order valence-corrected chi connectivity index (χ2v) is 10.8. The molecule has 0 spiro atoms. The van der Waals surface area contributed by atoms with Crippen molar-refractivity contribution in [3.05, 3.63) is 45.7 Å². The molecular formula is C28H30O8. The van der Waals surface area contributed by atoms with Crippen molar-refractivity contribution < 1.29 is 39.6 Å². The Morgan fingerprint density at radius 3 is 2.36 bits per heavy atom. The van der Waals surface area contributed by atoms with E-state index in [4.69, 9.17) is 0 Å². The molecule has 0 aromatic heterocycles. The van der Waals surface area contributed by atoms with Gasteiger partial charge in [-0.1, -0.05) is 25.5 Å². The van der Waals surface area contributed by atoms with Gasteiger partial charge >= 0.3 is 0 Å². The van der Waals surface area contributed by atoms with Gasteiger partial charge in [0.1, 0.15) is 28.6 Å². The second-order valence-electron chi connectivity index (χ2n) is 10.8. The Bertz CT molecular complexity index is 1300. The molecule has 0 radical (unpaired) electrons. The van der Waals surface area contributed by atoms with Crippen LogP contribution in [0.3, 0.4) is 0 Å². The summed E-state index contributed by atoms with van der Waals surface area (Å²) in [5.74, 6) is -7.47. The van der Waals surface area contributed by atoms with Crippen LogP contribution in [-0.2, 0) is 19.2 Å². The molecule has 4 aliphatic carbocycles. The fourth-order valence-electron chi connectivity index (χ4n) is 6.82. The Kier molecular flexibility index (Phi) is 5.52. The quantitative estimate of drug-likeness (QED) is 0.466. The number of aryl methyl sites for hydroxylation is 1. The summed E-state index contributed by atoms with van der Waals surface area (Å²) in [5, 5.41) is 44.9. The third-order valence-electron chi connectivity index (χ3n) is 9.00. The standard InChI is InChI=1S/C28H30O8/c1-11-7-8-15-12(2)20-16(9-18(30)14-5-4-6-14)17-10-19(31)21(13(3)29)26(34)28(17,36)27(35)23(20)25(33)22(15)24(11)32/h7-8,12,14,16-17,20,32-34,36H,4-6,9-10H2,1-3H3. The van der Waals surface area contributed by atoms with Gasteiger partial charge in [0.2, 0.25) is 5.78 Å². The molecule has 1 aromatic carbocycles. The summed E-state index contributed by atoms with van der Waals surface area (Å²) < 4.78 is 0. The second kappa shape index (κ2) is 8.13. The smallest absolute Gasteiger partial charge is 0.202 e. The molecule has 5 atom stereocenters. The molecular weight excluding hydrogens is 464 g/mol. The summed E-state index contributed by atoms with van der Waals surface area (Å²) >= 11 is 0. The predicted molar refractivity (Wildman–Crippen MR) is 128 cm³/mol. The maximum absolute atomic E-state index is 13.9. The van der Waals surface area contributed by atoms with Crippen molar-refractivity contribution in [3.8, 4) is 5.75 Å². The van der Waals surface area contributed by atoms with Gasteiger partial charge in [-0.3, -0.25) is 19.2 Å². The lowest BCUT2D eigenvalue weighted by molar-refractivity contribution is -0.156. The number of carbonyl (C=O) groups is 4. The van der Waals surface area contributed by atoms with E-state index in [0.717, 1.165) is 26.2 Å². The fraction of sp³-hybridized carbons (Fsp3) is 0.500. The van der Waals surface area contributed by atoms with Crippen LogP contribution in [0.2, 0.25) is 0 Å². The Hall–Kier alpha value is -3.26. The number of fused-ring (bicyclic) bond motifs is 3. The molecule has 2 saturated carbocycles. The Morgan fingerprint density at radius 2 is 1.78 bits per heavy atom. The molecule has 8 nitrogen and oxygen atoms in total. The van der Waals surface area contributed by atoms with E-state index in [1.165, 1.54) is 0 Å². The van der Waals surface area contributed by atoms with Crippen LogP contribution >= 0.6 is 0 Å². The number of aliphatic hydroxyl groups is 3. The van der Waals surface area contributed by atoms with Crippen LogP contribution in [0.25, 0.3) is 5.76 Å². The number of hydrogen-bond acceptors (Lipinski definition) is 8. The van der Waals surface area contributed by atoms with Gasteiger partial charge < -0.3 is 20.4 Å². The van der Waals surface area contributed by atoms with Gasteiger partial charge in [-0.25, -0.2) is 0 Å². The molecule has 2 fully saturated rings. The molecule has 0 saturated heterocycles. The monoisotopic (exact) mass is 494 g/mol. The molecule has 36 heavy (non-hydrogen) atoms. The highest BCUT2D eigenvalue weighted by Gasteiger charge is 2.65. The molecule has 0 amide bonds. The van der Waals surface area contributed by atoms with Crippen LogP contribution in [0.5, 0.6) is 5.75 Å². The number of allylic oxidation sites excluding steroid dienone is 1. The molecule has 0 bridgehead atoms. The van der Waals surface area contributed by atoms with E-state index >= 15 is 0 Å². The molecule has 8 heteroatoms. The van der Waals surface area contributed by atoms with Gasteiger partial charge in [0.05, 0.1) is 5.56 Å². The molecule has 1 aromatic rings. The number of phenolic OH excluding ortho intramolecular Hbond substituents is 1. The molecule has 5 unspecified atom stereocenters. The van der Waals surface area contributed by atoms with Crippen molar-refractivity contribution in [2.75, 3.05) is 0 Å². The van der Waals surface area contributed by atoms with Crippen LogP contribution in [0.4, 0.5) is 0 Å². The number of carbonyl (C=O) groups excluding carboxylic acids is 4. The van der Waals surface area contributed by atoms with Gasteiger partial charge in [-0.05, 0) is 49.7 Å². The topological polar surface area (TPSA) is 149 Å². The molecule has 0 aliphatic heterocycles. The number of Topliss-reactive ketones (excluding diaryl/α,β-unsaturated/α-hetero) is 4. The zero-order valence-electron chi connectivity index (χ0n) is 20.5. The summed E-state index contributed by atoms with van der Waals surface area (Å²) in [5.41, 5.74) is -2.31. The highest BCUT2D eigenvalue weighted by molar-refractivity contribution is 6.23. The SMILES string of the molecule is CC(=O)C1=C(O)C2(O)C(=O)C3=C(O)c4c(ccc(C)c4O)C(C)C3C(CC(=O)C3CCC3)C2CC1=O. The predicted octanol–water partition coefficient (Wildman–Crippen LogP) is 3.38. The highest BCUT2D eigenvalue weighted by atomic mass is 16.3.